The average molecular weight is 335 g/mol. The summed E-state index contributed by atoms with van der Waals surface area (Å²) in [5.74, 6) is -2.05. The molecule has 2 atom stereocenters. The molecular formula is C17H19F2N3O2. The smallest absolute Gasteiger partial charge is 0.274 e. The number of carbonyl (C=O) groups is 1. The normalized spacial score (nSPS) is 20.8. The summed E-state index contributed by atoms with van der Waals surface area (Å²) in [4.78, 5) is 14.2. The van der Waals surface area contributed by atoms with E-state index in [1.165, 1.54) is 11.0 Å². The zero-order valence-electron chi connectivity index (χ0n) is 13.5. The highest BCUT2D eigenvalue weighted by Crippen LogP contribution is 2.34. The van der Waals surface area contributed by atoms with Crippen molar-refractivity contribution in [3.63, 3.8) is 0 Å². The maximum atomic E-state index is 13.5. The van der Waals surface area contributed by atoms with Crippen molar-refractivity contribution in [3.8, 4) is 0 Å². The molecule has 128 valence electrons. The molecule has 7 heteroatoms. The Kier molecular flexibility index (Phi) is 4.36. The summed E-state index contributed by atoms with van der Waals surface area (Å²) in [5.41, 5.74) is 1.54. The molecule has 1 fully saturated rings. The summed E-state index contributed by atoms with van der Waals surface area (Å²) >= 11 is 0. The van der Waals surface area contributed by atoms with Crippen molar-refractivity contribution in [2.45, 2.75) is 38.3 Å². The Balaban J connectivity index is 1.89. The van der Waals surface area contributed by atoms with Crippen LogP contribution in [0.2, 0.25) is 0 Å². The summed E-state index contributed by atoms with van der Waals surface area (Å²) in [6.07, 6.45) is -0.436. The number of amides is 1. The summed E-state index contributed by atoms with van der Waals surface area (Å²) in [6, 6.07) is 4.71. The van der Waals surface area contributed by atoms with Gasteiger partial charge in [0.05, 0.1) is 12.1 Å². The van der Waals surface area contributed by atoms with E-state index in [1.807, 2.05) is 13.8 Å². The van der Waals surface area contributed by atoms with E-state index in [4.69, 9.17) is 0 Å². The Hall–Kier alpha value is -2.28. The van der Waals surface area contributed by atoms with Crippen LogP contribution < -0.4 is 0 Å². The quantitative estimate of drug-likeness (QED) is 0.906. The molecule has 2 N–H and O–H groups in total. The first-order valence-corrected chi connectivity index (χ1v) is 7.86. The van der Waals surface area contributed by atoms with Gasteiger partial charge in [-0.1, -0.05) is 19.9 Å². The molecule has 24 heavy (non-hydrogen) atoms. The number of aromatic amines is 1. The van der Waals surface area contributed by atoms with E-state index in [2.05, 4.69) is 10.2 Å². The molecule has 0 aliphatic carbocycles. The zero-order chi connectivity index (χ0) is 17.4. The topological polar surface area (TPSA) is 69.2 Å². The lowest BCUT2D eigenvalue weighted by atomic mass is 10.0. The number of hydrogen-bond acceptors (Lipinski definition) is 3. The lowest BCUT2D eigenvalue weighted by Gasteiger charge is -2.24. The minimum absolute atomic E-state index is 0.131. The number of aliphatic hydroxyl groups excluding tert-OH is 1. The highest BCUT2D eigenvalue weighted by atomic mass is 19.2. The van der Waals surface area contributed by atoms with Gasteiger partial charge in [0.25, 0.3) is 5.91 Å². The number of rotatable bonds is 3. The summed E-state index contributed by atoms with van der Waals surface area (Å²) in [6.45, 7) is 4.09. The van der Waals surface area contributed by atoms with Crippen LogP contribution in [0.25, 0.3) is 0 Å². The second-order valence-electron chi connectivity index (χ2n) is 6.40. The fraction of sp³-hybridized carbons (Fsp3) is 0.412. The highest BCUT2D eigenvalue weighted by molar-refractivity contribution is 5.93. The maximum absolute atomic E-state index is 13.5. The second kappa shape index (κ2) is 6.32. The number of aromatic nitrogens is 2. The van der Waals surface area contributed by atoms with Gasteiger partial charge in [-0.3, -0.25) is 9.89 Å². The molecule has 0 spiro atoms. The molecule has 0 saturated carbocycles. The van der Waals surface area contributed by atoms with Gasteiger partial charge in [-0.05, 0) is 36.1 Å². The summed E-state index contributed by atoms with van der Waals surface area (Å²) in [7, 11) is 0. The number of likely N-dealkylation sites (tertiary alicyclic amines) is 1. The first kappa shape index (κ1) is 16.6. The standard InChI is InChI=1S/C17H19F2N3O2/c1-9(2)14-7-15(21-20-14)17(24)22-8-11(23)6-16(22)10-3-4-12(18)13(19)5-10/h3-5,7,9,11,16,23H,6,8H2,1-2H3,(H,20,21)/t11-,16-/m1/s1. The monoisotopic (exact) mass is 335 g/mol. The first-order valence-electron chi connectivity index (χ1n) is 7.86. The molecule has 1 amide bonds. The molecular weight excluding hydrogens is 316 g/mol. The van der Waals surface area contributed by atoms with Gasteiger partial charge in [0.1, 0.15) is 5.69 Å². The Morgan fingerprint density at radius 1 is 1.33 bits per heavy atom. The number of H-pyrrole nitrogens is 1. The van der Waals surface area contributed by atoms with Crippen molar-refractivity contribution in [2.75, 3.05) is 6.54 Å². The molecule has 3 rings (SSSR count). The number of benzene rings is 1. The van der Waals surface area contributed by atoms with Crippen molar-refractivity contribution in [1.82, 2.24) is 15.1 Å². The SMILES string of the molecule is CC(C)c1cc(C(=O)N2C[C@H](O)C[C@@H]2c2ccc(F)c(F)c2)n[nH]1. The third kappa shape index (κ3) is 3.03. The number of hydrogen-bond donors (Lipinski definition) is 2. The van der Waals surface area contributed by atoms with Crippen LogP contribution in [0.4, 0.5) is 8.78 Å². The van der Waals surface area contributed by atoms with E-state index in [-0.39, 0.29) is 30.5 Å². The van der Waals surface area contributed by atoms with Gasteiger partial charge in [0.2, 0.25) is 0 Å². The Bertz CT molecular complexity index is 760. The number of halogens is 2. The molecule has 5 nitrogen and oxygen atoms in total. The van der Waals surface area contributed by atoms with E-state index in [0.29, 0.717) is 5.56 Å². The second-order valence-corrected chi connectivity index (χ2v) is 6.40. The molecule has 0 unspecified atom stereocenters. The fourth-order valence-corrected chi connectivity index (χ4v) is 2.96. The third-order valence-electron chi connectivity index (χ3n) is 4.31. The molecule has 0 bridgehead atoms. The van der Waals surface area contributed by atoms with Gasteiger partial charge < -0.3 is 10.0 Å². The van der Waals surface area contributed by atoms with Crippen LogP contribution in [0.15, 0.2) is 24.3 Å². The van der Waals surface area contributed by atoms with Crippen LogP contribution in [0, 0.1) is 11.6 Å². The number of nitrogens with zero attached hydrogens (tertiary/aromatic N) is 2. The van der Waals surface area contributed by atoms with Crippen LogP contribution in [0.5, 0.6) is 0 Å². The van der Waals surface area contributed by atoms with Crippen molar-refractivity contribution in [2.24, 2.45) is 0 Å². The van der Waals surface area contributed by atoms with Gasteiger partial charge in [-0.2, -0.15) is 5.10 Å². The molecule has 0 radical (unpaired) electrons. The molecule has 1 aromatic heterocycles. The molecule has 1 saturated heterocycles. The third-order valence-corrected chi connectivity index (χ3v) is 4.31. The number of carbonyl (C=O) groups excluding carboxylic acids is 1. The Morgan fingerprint density at radius 2 is 2.08 bits per heavy atom. The lowest BCUT2D eigenvalue weighted by Crippen LogP contribution is -2.32. The summed E-state index contributed by atoms with van der Waals surface area (Å²) in [5, 5.41) is 16.8. The molecule has 1 aliphatic rings. The van der Waals surface area contributed by atoms with Crippen LogP contribution in [-0.2, 0) is 0 Å². The Morgan fingerprint density at radius 3 is 2.71 bits per heavy atom. The number of aliphatic hydroxyl groups is 1. The van der Waals surface area contributed by atoms with Crippen molar-refractivity contribution in [3.05, 3.63) is 52.9 Å². The van der Waals surface area contributed by atoms with Gasteiger partial charge in [0, 0.05) is 12.2 Å². The highest BCUT2D eigenvalue weighted by Gasteiger charge is 2.37. The first-order chi connectivity index (χ1) is 11.4. The van der Waals surface area contributed by atoms with Crippen LogP contribution in [0.3, 0.4) is 0 Å². The van der Waals surface area contributed by atoms with Gasteiger partial charge in [-0.25, -0.2) is 8.78 Å². The van der Waals surface area contributed by atoms with Crippen molar-refractivity contribution < 1.29 is 18.7 Å². The van der Waals surface area contributed by atoms with Crippen molar-refractivity contribution >= 4 is 5.91 Å². The van der Waals surface area contributed by atoms with Crippen LogP contribution in [-0.4, -0.2) is 38.8 Å². The predicted octanol–water partition coefficient (Wildman–Crippen LogP) is 2.76. The molecule has 1 aromatic carbocycles. The fourth-order valence-electron chi connectivity index (χ4n) is 2.96. The van der Waals surface area contributed by atoms with Gasteiger partial charge in [0.15, 0.2) is 11.6 Å². The van der Waals surface area contributed by atoms with E-state index in [9.17, 15) is 18.7 Å². The van der Waals surface area contributed by atoms with Crippen molar-refractivity contribution in [1.29, 1.82) is 0 Å². The zero-order valence-corrected chi connectivity index (χ0v) is 13.5. The number of nitrogens with one attached hydrogen (secondary N) is 1. The van der Waals surface area contributed by atoms with Gasteiger partial charge in [-0.15, -0.1) is 0 Å². The van der Waals surface area contributed by atoms with Crippen LogP contribution >= 0.6 is 0 Å². The molecule has 1 aliphatic heterocycles. The van der Waals surface area contributed by atoms with Gasteiger partial charge >= 0.3 is 0 Å². The molecule has 2 heterocycles. The number of β-amino-alcohol motifs (C(OH)–C–C–N with tert-alkyl or cyclic N) is 1. The van der Waals surface area contributed by atoms with E-state index in [1.54, 1.807) is 6.07 Å². The maximum Gasteiger partial charge on any atom is 0.274 e. The Labute approximate surface area is 138 Å². The summed E-state index contributed by atoms with van der Waals surface area (Å²) < 4.78 is 26.7. The van der Waals surface area contributed by atoms with Crippen LogP contribution in [0.1, 0.15) is 54.0 Å². The average Bonchev–Trinajstić information content (AvgIpc) is 3.16. The minimum atomic E-state index is -0.969. The largest absolute Gasteiger partial charge is 0.391 e. The predicted molar refractivity (Wildman–Crippen MR) is 83.4 cm³/mol. The minimum Gasteiger partial charge on any atom is -0.391 e. The van der Waals surface area contributed by atoms with E-state index >= 15 is 0 Å². The van der Waals surface area contributed by atoms with E-state index in [0.717, 1.165) is 17.8 Å². The van der Waals surface area contributed by atoms with E-state index < -0.39 is 23.8 Å². The lowest BCUT2D eigenvalue weighted by molar-refractivity contribution is 0.0709. The molecule has 2 aromatic rings.